The first-order valence-electron chi connectivity index (χ1n) is 15.3. The van der Waals surface area contributed by atoms with Crippen LogP contribution in [0.4, 0.5) is 31.5 Å². The number of aryl methyl sites for hydroxylation is 4. The Labute approximate surface area is 297 Å². The average molecular weight is 701 g/mol. The predicted octanol–water partition coefficient (Wildman–Crippen LogP) is 8.16. The lowest BCUT2D eigenvalue weighted by Gasteiger charge is -2.23. The third-order valence-corrected chi connectivity index (χ3v) is 7.45. The van der Waals surface area contributed by atoms with E-state index in [0.717, 1.165) is 11.1 Å². The van der Waals surface area contributed by atoms with Crippen LogP contribution in [-0.2, 0) is 9.59 Å². The topological polar surface area (TPSA) is 126 Å². The van der Waals surface area contributed by atoms with Crippen LogP contribution in [0.3, 0.4) is 0 Å². The van der Waals surface area contributed by atoms with Crippen molar-refractivity contribution < 1.29 is 38.1 Å². The molecule has 10 nitrogen and oxygen atoms in total. The fourth-order valence-electron chi connectivity index (χ4n) is 4.15. The summed E-state index contributed by atoms with van der Waals surface area (Å²) in [5.74, 6) is -1.69. The maximum absolute atomic E-state index is 13.5. The summed E-state index contributed by atoms with van der Waals surface area (Å²) < 4.78 is 37.7. The molecular formula is C39H42F2N4O6. The molecular weight excluding hydrogens is 658 g/mol. The molecule has 0 aliphatic carbocycles. The van der Waals surface area contributed by atoms with E-state index in [2.05, 4.69) is 20.3 Å². The van der Waals surface area contributed by atoms with Crippen molar-refractivity contribution in [1.29, 1.82) is 0 Å². The molecule has 0 aromatic heterocycles. The molecule has 0 spiro atoms. The van der Waals surface area contributed by atoms with E-state index in [4.69, 9.17) is 22.6 Å². The van der Waals surface area contributed by atoms with Crippen molar-refractivity contribution in [2.75, 3.05) is 23.8 Å². The molecule has 268 valence electrons. The molecule has 0 bridgehead atoms. The van der Waals surface area contributed by atoms with Gasteiger partial charge in [-0.05, 0) is 100 Å². The normalized spacial score (nSPS) is 12.5. The number of carbonyl (C=O) groups is 2. The zero-order chi connectivity index (χ0) is 37.2. The summed E-state index contributed by atoms with van der Waals surface area (Å²) in [5.41, 5.74) is 0.710. The van der Waals surface area contributed by atoms with Crippen molar-refractivity contribution in [2.45, 2.75) is 60.2 Å². The molecule has 0 fully saturated rings. The van der Waals surface area contributed by atoms with Gasteiger partial charge in [0.25, 0.3) is 11.8 Å². The molecule has 4 aromatic rings. The van der Waals surface area contributed by atoms with Crippen molar-refractivity contribution in [3.05, 3.63) is 130 Å². The molecule has 0 aliphatic heterocycles. The van der Waals surface area contributed by atoms with Gasteiger partial charge >= 0.3 is 0 Å². The minimum absolute atomic E-state index is 0. The Morgan fingerprint density at radius 1 is 0.647 bits per heavy atom. The van der Waals surface area contributed by atoms with Crippen LogP contribution in [-0.4, -0.2) is 46.4 Å². The van der Waals surface area contributed by atoms with E-state index in [0.29, 0.717) is 33.9 Å². The van der Waals surface area contributed by atoms with E-state index in [1.807, 2.05) is 0 Å². The largest absolute Gasteiger partial charge is 0.490 e. The number of benzene rings is 4. The van der Waals surface area contributed by atoms with Gasteiger partial charge in [-0.25, -0.2) is 18.5 Å². The molecule has 12 heteroatoms. The third kappa shape index (κ3) is 11.6. The van der Waals surface area contributed by atoms with E-state index in [-0.39, 0.29) is 32.1 Å². The molecule has 2 atom stereocenters. The molecule has 0 radical (unpaired) electrons. The standard InChI is InChI=1S/2C19H19FN2O3.CH4/c2*1-12-5-7-15(10-16(12)20)25-11-19(3,24)18(23)22-14-6-8-17(21-4)13(2)9-14;/h2*5-10,24H,11H2,1-3H3,(H,22,23);1H4/t2*19-;/m00./s1. The van der Waals surface area contributed by atoms with Gasteiger partial charge in [-0.3, -0.25) is 9.59 Å². The highest BCUT2D eigenvalue weighted by Crippen LogP contribution is 2.25. The van der Waals surface area contributed by atoms with Gasteiger partial charge in [0.1, 0.15) is 36.3 Å². The molecule has 0 unspecified atom stereocenters. The molecule has 4 N–H and O–H groups in total. The summed E-state index contributed by atoms with van der Waals surface area (Å²) in [6, 6.07) is 18.3. The molecule has 0 aliphatic rings. The quantitative estimate of drug-likeness (QED) is 0.124. The van der Waals surface area contributed by atoms with Crippen molar-refractivity contribution in [3.63, 3.8) is 0 Å². The number of hydrogen-bond donors (Lipinski definition) is 4. The fourth-order valence-corrected chi connectivity index (χ4v) is 4.15. The van der Waals surface area contributed by atoms with Gasteiger partial charge in [-0.15, -0.1) is 0 Å². The van der Waals surface area contributed by atoms with E-state index in [1.165, 1.54) is 26.0 Å². The highest BCUT2D eigenvalue weighted by molar-refractivity contribution is 5.98. The number of nitrogens with zero attached hydrogens (tertiary/aromatic N) is 2. The Hall–Kier alpha value is -5.82. The van der Waals surface area contributed by atoms with Crippen molar-refractivity contribution in [1.82, 2.24) is 0 Å². The van der Waals surface area contributed by atoms with Crippen molar-refractivity contribution >= 4 is 34.6 Å². The predicted molar refractivity (Wildman–Crippen MR) is 193 cm³/mol. The SMILES string of the molecule is C.[C-]#[N+]c1ccc(NC(=O)[C@@](C)(O)COc2ccc(C)c(F)c2)cc1C.[C-]#[N+]c1ccc(NC(=O)[C@@](C)(O)COc2ccc(C)c(F)c2)cc1C. The fraction of sp³-hybridized carbons (Fsp3) is 0.282. The number of carbonyl (C=O) groups excluding carboxylic acids is 2. The number of nitrogens with one attached hydrogen (secondary N) is 2. The minimum atomic E-state index is -1.81. The number of anilines is 2. The van der Waals surface area contributed by atoms with Gasteiger partial charge in [0, 0.05) is 23.5 Å². The van der Waals surface area contributed by atoms with E-state index in [1.54, 1.807) is 88.4 Å². The number of rotatable bonds is 10. The molecule has 2 amide bonds. The lowest BCUT2D eigenvalue weighted by molar-refractivity contribution is -0.135. The molecule has 4 rings (SSSR count). The zero-order valence-corrected chi connectivity index (χ0v) is 28.5. The van der Waals surface area contributed by atoms with Crippen LogP contribution in [0.15, 0.2) is 72.8 Å². The van der Waals surface area contributed by atoms with Crippen molar-refractivity contribution in [2.24, 2.45) is 0 Å². The van der Waals surface area contributed by atoms with E-state index < -0.39 is 34.7 Å². The first-order chi connectivity index (χ1) is 23.4. The second-order valence-corrected chi connectivity index (χ2v) is 12.1. The van der Waals surface area contributed by atoms with E-state index >= 15 is 0 Å². The van der Waals surface area contributed by atoms with Crippen LogP contribution < -0.4 is 20.1 Å². The third-order valence-electron chi connectivity index (χ3n) is 7.45. The summed E-state index contributed by atoms with van der Waals surface area (Å²) in [5, 5.41) is 25.8. The molecule has 51 heavy (non-hydrogen) atoms. The van der Waals surface area contributed by atoms with Crippen molar-refractivity contribution in [3.8, 4) is 11.5 Å². The summed E-state index contributed by atoms with van der Waals surface area (Å²) in [7, 11) is 0. The summed E-state index contributed by atoms with van der Waals surface area (Å²) >= 11 is 0. The van der Waals surface area contributed by atoms with Gasteiger partial charge in [0.15, 0.2) is 22.6 Å². The number of amides is 2. The van der Waals surface area contributed by atoms with Gasteiger partial charge in [-0.2, -0.15) is 0 Å². The Morgan fingerprint density at radius 2 is 1.00 bits per heavy atom. The van der Waals surface area contributed by atoms with Gasteiger partial charge < -0.3 is 30.3 Å². The minimum Gasteiger partial charge on any atom is -0.490 e. The number of aliphatic hydroxyl groups is 2. The molecule has 0 saturated carbocycles. The molecule has 4 aromatic carbocycles. The summed E-state index contributed by atoms with van der Waals surface area (Å²) in [4.78, 5) is 31.2. The first kappa shape index (κ1) is 41.4. The van der Waals surface area contributed by atoms with E-state index in [9.17, 15) is 28.6 Å². The zero-order valence-electron chi connectivity index (χ0n) is 28.5. The molecule has 0 heterocycles. The van der Waals surface area contributed by atoms with Crippen LogP contribution in [0, 0.1) is 52.5 Å². The van der Waals surface area contributed by atoms with Crippen LogP contribution >= 0.6 is 0 Å². The second kappa shape index (κ2) is 17.7. The van der Waals surface area contributed by atoms with Crippen LogP contribution in [0.25, 0.3) is 9.69 Å². The lowest BCUT2D eigenvalue weighted by atomic mass is 10.1. The second-order valence-electron chi connectivity index (χ2n) is 12.1. The highest BCUT2D eigenvalue weighted by atomic mass is 19.1. The maximum Gasteiger partial charge on any atom is 0.259 e. The van der Waals surface area contributed by atoms with Gasteiger partial charge in [-0.1, -0.05) is 31.7 Å². The Kier molecular flexibility index (Phi) is 14.4. The Balaban J connectivity index is 0.000000347. The van der Waals surface area contributed by atoms with Crippen LogP contribution in [0.2, 0.25) is 0 Å². The first-order valence-corrected chi connectivity index (χ1v) is 15.3. The van der Waals surface area contributed by atoms with Crippen LogP contribution in [0.1, 0.15) is 43.5 Å². The Morgan fingerprint density at radius 3 is 1.29 bits per heavy atom. The summed E-state index contributed by atoms with van der Waals surface area (Å²) in [6.07, 6.45) is 0. The maximum atomic E-state index is 13.5. The lowest BCUT2D eigenvalue weighted by Crippen LogP contribution is -2.45. The van der Waals surface area contributed by atoms with Gasteiger partial charge in [0.2, 0.25) is 0 Å². The highest BCUT2D eigenvalue weighted by Gasteiger charge is 2.32. The monoisotopic (exact) mass is 700 g/mol. The van der Waals surface area contributed by atoms with Gasteiger partial charge in [0.05, 0.1) is 13.1 Å². The average Bonchev–Trinajstić information content (AvgIpc) is 3.06. The summed E-state index contributed by atoms with van der Waals surface area (Å²) in [6.45, 7) is 22.8. The smallest absolute Gasteiger partial charge is 0.259 e. The van der Waals surface area contributed by atoms with Crippen LogP contribution in [0.5, 0.6) is 11.5 Å². The molecule has 0 saturated heterocycles. The number of hydrogen-bond acceptors (Lipinski definition) is 6. The Bertz CT molecular complexity index is 1820. The number of ether oxygens (including phenoxy) is 2. The number of halogens is 2.